The highest BCUT2D eigenvalue weighted by Gasteiger charge is 2.22. The summed E-state index contributed by atoms with van der Waals surface area (Å²) >= 11 is 1.92. The lowest BCUT2D eigenvalue weighted by Gasteiger charge is -2.25. The van der Waals surface area contributed by atoms with E-state index in [1.54, 1.807) is 0 Å². The van der Waals surface area contributed by atoms with E-state index < -0.39 is 0 Å². The minimum absolute atomic E-state index is 1.12. The number of para-hydroxylation sites is 5. The monoisotopic (exact) mass is 757 g/mol. The molecule has 3 nitrogen and oxygen atoms in total. The zero-order valence-corrected chi connectivity index (χ0v) is 32.3. The predicted molar refractivity (Wildman–Crippen MR) is 248 cm³/mol. The van der Waals surface area contributed by atoms with Crippen LogP contribution in [0.5, 0.6) is 0 Å². The summed E-state index contributed by atoms with van der Waals surface area (Å²) in [5.41, 5.74) is 13.1. The van der Waals surface area contributed by atoms with Crippen molar-refractivity contribution in [2.75, 3.05) is 4.90 Å². The quantitative estimate of drug-likeness (QED) is 0.165. The van der Waals surface area contributed by atoms with Crippen molar-refractivity contribution in [2.45, 2.75) is 0 Å². The van der Waals surface area contributed by atoms with Crippen molar-refractivity contribution >= 4 is 92.2 Å². The number of hydrogen-bond acceptors (Lipinski definition) is 2. The maximum Gasteiger partial charge on any atom is 0.0719 e. The fraction of sp³-hybridized carbons (Fsp3) is 0. The highest BCUT2D eigenvalue weighted by molar-refractivity contribution is 7.27. The van der Waals surface area contributed by atoms with Gasteiger partial charge >= 0.3 is 0 Å². The molecule has 0 N–H and O–H groups in total. The van der Waals surface area contributed by atoms with Crippen LogP contribution in [0, 0.1) is 0 Å². The Morgan fingerprint density at radius 2 is 0.672 bits per heavy atom. The molecule has 0 bridgehead atoms. The predicted octanol–water partition coefficient (Wildman–Crippen LogP) is 15.4. The van der Waals surface area contributed by atoms with Crippen LogP contribution in [-0.4, -0.2) is 9.13 Å². The number of hydrogen-bond donors (Lipinski definition) is 0. The van der Waals surface area contributed by atoms with Crippen molar-refractivity contribution in [1.82, 2.24) is 9.13 Å². The van der Waals surface area contributed by atoms with Crippen LogP contribution in [0.4, 0.5) is 17.1 Å². The van der Waals surface area contributed by atoms with Crippen molar-refractivity contribution in [3.8, 4) is 22.5 Å². The summed E-state index contributed by atoms with van der Waals surface area (Å²) in [6.45, 7) is 0. The molecule has 3 heterocycles. The van der Waals surface area contributed by atoms with Gasteiger partial charge in [-0.15, -0.1) is 11.3 Å². The molecular weight excluding hydrogens is 723 g/mol. The largest absolute Gasteiger partial charge is 0.311 e. The van der Waals surface area contributed by atoms with E-state index in [0.29, 0.717) is 0 Å². The smallest absolute Gasteiger partial charge is 0.0719 e. The molecule has 0 aliphatic carbocycles. The summed E-state index contributed by atoms with van der Waals surface area (Å²) in [6, 6.07) is 77.0. The van der Waals surface area contributed by atoms with E-state index >= 15 is 0 Å². The van der Waals surface area contributed by atoms with E-state index in [2.05, 4.69) is 226 Å². The standard InChI is InChI=1S/C54H35N3S/c1-4-14-38(15-5-1)55(39-16-6-2-7-17-39)41-28-24-36(25-29-41)37-26-30-42(31-27-37)57-50-23-13-11-21-44(50)46-33-35-48-47-34-32-45-43-20-10-12-22-49(43)56(40-18-8-3-9-19-40)51(45)53(47)58-54(48)52(46)57/h1-35H. The van der Waals surface area contributed by atoms with Crippen LogP contribution in [0.3, 0.4) is 0 Å². The molecule has 0 fully saturated rings. The summed E-state index contributed by atoms with van der Waals surface area (Å²) < 4.78 is 7.56. The number of aromatic nitrogens is 2. The Labute approximate surface area is 339 Å². The molecule has 0 unspecified atom stereocenters. The second-order valence-corrected chi connectivity index (χ2v) is 15.9. The highest BCUT2D eigenvalue weighted by Crippen LogP contribution is 2.47. The van der Waals surface area contributed by atoms with Crippen LogP contribution in [0.2, 0.25) is 0 Å². The third-order valence-corrected chi connectivity index (χ3v) is 12.9. The number of rotatable bonds is 6. The molecule has 0 radical (unpaired) electrons. The van der Waals surface area contributed by atoms with Crippen molar-refractivity contribution in [1.29, 1.82) is 0 Å². The lowest BCUT2D eigenvalue weighted by atomic mass is 10.0. The van der Waals surface area contributed by atoms with Gasteiger partial charge in [0.1, 0.15) is 0 Å². The molecule has 0 saturated carbocycles. The Balaban J connectivity index is 1.01. The van der Waals surface area contributed by atoms with Crippen molar-refractivity contribution in [3.63, 3.8) is 0 Å². The fourth-order valence-corrected chi connectivity index (χ4v) is 10.5. The van der Waals surface area contributed by atoms with Gasteiger partial charge in [0.25, 0.3) is 0 Å². The first-order valence-corrected chi connectivity index (χ1v) is 20.6. The number of fused-ring (bicyclic) bond motifs is 11. The summed E-state index contributed by atoms with van der Waals surface area (Å²) in [5, 5.41) is 7.69. The second-order valence-electron chi connectivity index (χ2n) is 14.9. The lowest BCUT2D eigenvalue weighted by Crippen LogP contribution is -2.09. The summed E-state index contributed by atoms with van der Waals surface area (Å²) in [7, 11) is 0. The van der Waals surface area contributed by atoms with E-state index in [0.717, 1.165) is 22.7 Å². The molecule has 12 aromatic rings. The molecule has 0 aliphatic heterocycles. The third kappa shape index (κ3) is 4.99. The van der Waals surface area contributed by atoms with Gasteiger partial charge in [0.15, 0.2) is 0 Å². The lowest BCUT2D eigenvalue weighted by molar-refractivity contribution is 1.19. The first-order valence-electron chi connectivity index (χ1n) is 19.8. The van der Waals surface area contributed by atoms with Crippen molar-refractivity contribution < 1.29 is 0 Å². The summed E-state index contributed by atoms with van der Waals surface area (Å²) in [6.07, 6.45) is 0. The molecule has 58 heavy (non-hydrogen) atoms. The van der Waals surface area contributed by atoms with Gasteiger partial charge in [0, 0.05) is 60.8 Å². The number of thiophene rings is 1. The molecule has 0 atom stereocenters. The zero-order valence-electron chi connectivity index (χ0n) is 31.5. The maximum atomic E-state index is 2.48. The van der Waals surface area contributed by atoms with E-state index in [9.17, 15) is 0 Å². The van der Waals surface area contributed by atoms with Gasteiger partial charge in [-0.3, -0.25) is 0 Å². The Kier molecular flexibility index (Phi) is 7.40. The second kappa shape index (κ2) is 13.1. The molecular formula is C54H35N3S. The molecule has 272 valence electrons. The average molecular weight is 758 g/mol. The van der Waals surface area contributed by atoms with Gasteiger partial charge in [-0.1, -0.05) is 140 Å². The van der Waals surface area contributed by atoms with Crippen LogP contribution in [-0.2, 0) is 0 Å². The molecule has 9 aromatic carbocycles. The molecule has 0 spiro atoms. The summed E-state index contributed by atoms with van der Waals surface area (Å²) in [4.78, 5) is 2.30. The number of benzene rings is 9. The first-order chi connectivity index (χ1) is 28.8. The van der Waals surface area contributed by atoms with Crippen LogP contribution in [0.1, 0.15) is 0 Å². The van der Waals surface area contributed by atoms with Gasteiger partial charge in [0.2, 0.25) is 0 Å². The average Bonchev–Trinajstić information content (AvgIpc) is 3.96. The van der Waals surface area contributed by atoms with Crippen LogP contribution < -0.4 is 4.90 Å². The van der Waals surface area contributed by atoms with Gasteiger partial charge in [0.05, 0.1) is 31.5 Å². The molecule has 4 heteroatoms. The van der Waals surface area contributed by atoms with E-state index in [1.807, 2.05) is 11.3 Å². The number of nitrogens with zero attached hydrogens (tertiary/aromatic N) is 3. The van der Waals surface area contributed by atoms with Crippen LogP contribution >= 0.6 is 11.3 Å². The fourth-order valence-electron chi connectivity index (χ4n) is 9.11. The number of anilines is 3. The topological polar surface area (TPSA) is 13.1 Å². The minimum atomic E-state index is 1.12. The van der Waals surface area contributed by atoms with E-state index in [4.69, 9.17) is 0 Å². The van der Waals surface area contributed by atoms with Gasteiger partial charge in [-0.25, -0.2) is 0 Å². The van der Waals surface area contributed by atoms with Crippen molar-refractivity contribution in [3.05, 3.63) is 212 Å². The Hall–Kier alpha value is -7.40. The minimum Gasteiger partial charge on any atom is -0.311 e. The van der Waals surface area contributed by atoms with E-state index in [-0.39, 0.29) is 0 Å². The molecule has 0 saturated heterocycles. The van der Waals surface area contributed by atoms with Crippen LogP contribution in [0.25, 0.3) is 86.3 Å². The van der Waals surface area contributed by atoms with E-state index in [1.165, 1.54) is 80.6 Å². The van der Waals surface area contributed by atoms with Gasteiger partial charge in [-0.2, -0.15) is 0 Å². The van der Waals surface area contributed by atoms with Crippen LogP contribution in [0.15, 0.2) is 212 Å². The molecule has 3 aromatic heterocycles. The molecule has 12 rings (SSSR count). The highest BCUT2D eigenvalue weighted by atomic mass is 32.1. The van der Waals surface area contributed by atoms with Gasteiger partial charge < -0.3 is 14.0 Å². The Bertz CT molecular complexity index is 3430. The maximum absolute atomic E-state index is 2.48. The Morgan fingerprint density at radius 3 is 1.17 bits per heavy atom. The normalized spacial score (nSPS) is 11.8. The molecule has 0 aliphatic rings. The van der Waals surface area contributed by atoms with Gasteiger partial charge in [-0.05, 0) is 83.9 Å². The third-order valence-electron chi connectivity index (χ3n) is 11.7. The van der Waals surface area contributed by atoms with Crippen molar-refractivity contribution in [2.24, 2.45) is 0 Å². The summed E-state index contributed by atoms with van der Waals surface area (Å²) in [5.74, 6) is 0. The molecule has 0 amide bonds. The zero-order chi connectivity index (χ0) is 38.2. The SMILES string of the molecule is c1ccc(N(c2ccccc2)c2ccc(-c3ccc(-n4c5ccccc5c5ccc6c7ccc8c9ccccc9n(-c9ccccc9)c8c7sc6c54)cc3)cc2)cc1. The Morgan fingerprint density at radius 1 is 0.293 bits per heavy atom. The first kappa shape index (κ1) is 32.8.